The Bertz CT molecular complexity index is 843. The summed E-state index contributed by atoms with van der Waals surface area (Å²) in [6.07, 6.45) is 2.01. The van der Waals surface area contributed by atoms with E-state index < -0.39 is 0 Å². The summed E-state index contributed by atoms with van der Waals surface area (Å²) in [6.45, 7) is 0.460. The third-order valence-corrected chi connectivity index (χ3v) is 4.58. The van der Waals surface area contributed by atoms with Gasteiger partial charge in [-0.2, -0.15) is 5.10 Å². The monoisotopic (exact) mass is 357 g/mol. The summed E-state index contributed by atoms with van der Waals surface area (Å²) in [5, 5.41) is 9.17. The Balaban J connectivity index is 1.75. The van der Waals surface area contributed by atoms with Crippen molar-refractivity contribution < 1.29 is 14.3 Å². The number of anilines is 1. The molecule has 3 rings (SSSR count). The van der Waals surface area contributed by atoms with Crippen molar-refractivity contribution in [2.45, 2.75) is 13.0 Å². The first-order chi connectivity index (χ1) is 12.2. The molecule has 2 heterocycles. The van der Waals surface area contributed by atoms with Crippen LogP contribution in [-0.4, -0.2) is 29.9 Å². The maximum atomic E-state index is 12.2. The fourth-order valence-corrected chi connectivity index (χ4v) is 3.27. The molecule has 3 aromatic rings. The summed E-state index contributed by atoms with van der Waals surface area (Å²) in [4.78, 5) is 13.2. The summed E-state index contributed by atoms with van der Waals surface area (Å²) in [7, 11) is 3.21. The van der Waals surface area contributed by atoms with Crippen LogP contribution in [0.15, 0.2) is 48.0 Å². The Hall–Kier alpha value is -2.80. The topological polar surface area (TPSA) is 65.4 Å². The lowest BCUT2D eigenvalue weighted by Crippen LogP contribution is -2.17. The second-order valence-electron chi connectivity index (χ2n) is 5.33. The van der Waals surface area contributed by atoms with E-state index >= 15 is 0 Å². The number of aromatic nitrogens is 2. The van der Waals surface area contributed by atoms with Crippen molar-refractivity contribution >= 4 is 23.1 Å². The molecule has 1 amide bonds. The minimum absolute atomic E-state index is 0.0678. The van der Waals surface area contributed by atoms with Gasteiger partial charge < -0.3 is 14.8 Å². The molecule has 0 unspecified atom stereocenters. The number of amides is 1. The number of rotatable bonds is 7. The molecule has 0 saturated heterocycles. The van der Waals surface area contributed by atoms with Crippen LogP contribution in [-0.2, 0) is 17.8 Å². The van der Waals surface area contributed by atoms with Crippen LogP contribution in [0.25, 0.3) is 0 Å². The van der Waals surface area contributed by atoms with E-state index in [0.717, 1.165) is 10.4 Å². The lowest BCUT2D eigenvalue weighted by atomic mass is 10.2. The van der Waals surface area contributed by atoms with Gasteiger partial charge in [0.25, 0.3) is 0 Å². The van der Waals surface area contributed by atoms with Gasteiger partial charge in [-0.05, 0) is 17.5 Å². The zero-order valence-corrected chi connectivity index (χ0v) is 14.9. The Kier molecular flexibility index (Phi) is 5.35. The van der Waals surface area contributed by atoms with Crippen LogP contribution in [0.1, 0.15) is 10.4 Å². The molecular weight excluding hydrogens is 338 g/mol. The Labute approximate surface area is 150 Å². The van der Waals surface area contributed by atoms with Crippen molar-refractivity contribution in [2.75, 3.05) is 19.5 Å². The Morgan fingerprint density at radius 1 is 1.20 bits per heavy atom. The van der Waals surface area contributed by atoms with Crippen molar-refractivity contribution in [1.82, 2.24) is 9.78 Å². The molecule has 1 aromatic carbocycles. The van der Waals surface area contributed by atoms with Crippen LogP contribution >= 0.6 is 11.3 Å². The van der Waals surface area contributed by atoms with Gasteiger partial charge in [-0.1, -0.05) is 18.2 Å². The second kappa shape index (κ2) is 7.85. The summed E-state index contributed by atoms with van der Waals surface area (Å²) >= 11 is 1.57. The van der Waals surface area contributed by atoms with Crippen molar-refractivity contribution in [3.63, 3.8) is 0 Å². The molecular formula is C18H19N3O3S. The summed E-state index contributed by atoms with van der Waals surface area (Å²) in [5.41, 5.74) is 0.916. The predicted octanol–water partition coefficient (Wildman–Crippen LogP) is 3.19. The van der Waals surface area contributed by atoms with Crippen LogP contribution in [0.4, 0.5) is 5.82 Å². The van der Waals surface area contributed by atoms with E-state index in [9.17, 15) is 4.79 Å². The van der Waals surface area contributed by atoms with E-state index in [-0.39, 0.29) is 5.91 Å². The highest BCUT2D eigenvalue weighted by Gasteiger charge is 2.13. The molecule has 0 aliphatic heterocycles. The first-order valence-electron chi connectivity index (χ1n) is 7.75. The molecule has 1 N–H and O–H groups in total. The lowest BCUT2D eigenvalue weighted by Gasteiger charge is -2.14. The zero-order chi connectivity index (χ0) is 17.6. The van der Waals surface area contributed by atoms with Gasteiger partial charge in [0.05, 0.1) is 33.4 Å². The molecule has 0 fully saturated rings. The fraction of sp³-hybridized carbons (Fsp3) is 0.222. The first kappa shape index (κ1) is 17.0. The number of carbonyl (C=O) groups excluding carboxylic acids is 1. The van der Waals surface area contributed by atoms with E-state index in [1.807, 2.05) is 35.7 Å². The highest BCUT2D eigenvalue weighted by molar-refractivity contribution is 7.10. The normalized spacial score (nSPS) is 10.5. The highest BCUT2D eigenvalue weighted by atomic mass is 32.1. The minimum atomic E-state index is -0.0678. The molecule has 0 spiro atoms. The highest BCUT2D eigenvalue weighted by Crippen LogP contribution is 2.31. The molecule has 0 atom stereocenters. The third-order valence-electron chi connectivity index (χ3n) is 3.70. The number of hydrogen-bond acceptors (Lipinski definition) is 5. The number of thiophene rings is 1. The van der Waals surface area contributed by atoms with Crippen LogP contribution in [0, 0.1) is 0 Å². The van der Waals surface area contributed by atoms with Gasteiger partial charge in [-0.3, -0.25) is 4.79 Å². The molecule has 7 heteroatoms. The van der Waals surface area contributed by atoms with Crippen LogP contribution in [0.3, 0.4) is 0 Å². The van der Waals surface area contributed by atoms with E-state index in [1.165, 1.54) is 0 Å². The van der Waals surface area contributed by atoms with Gasteiger partial charge in [0.2, 0.25) is 5.91 Å². The molecule has 0 bridgehead atoms. The number of nitrogens with one attached hydrogen (secondary N) is 1. The molecule has 0 aliphatic carbocycles. The van der Waals surface area contributed by atoms with Gasteiger partial charge in [-0.15, -0.1) is 11.3 Å². The minimum Gasteiger partial charge on any atom is -0.493 e. The quantitative estimate of drug-likeness (QED) is 0.705. The molecule has 0 radical (unpaired) electrons. The lowest BCUT2D eigenvalue weighted by molar-refractivity contribution is -0.115. The zero-order valence-electron chi connectivity index (χ0n) is 14.1. The van der Waals surface area contributed by atoms with Gasteiger partial charge in [-0.25, -0.2) is 4.68 Å². The number of para-hydroxylation sites is 1. The summed E-state index contributed by atoms with van der Waals surface area (Å²) < 4.78 is 12.5. The second-order valence-corrected chi connectivity index (χ2v) is 6.36. The standard InChI is InChI=1S/C18H19N3O3S/c1-23-15-7-3-5-13(18(15)24-2)12-21-16(8-9-19-21)20-17(22)11-14-6-4-10-25-14/h3-10H,11-12H2,1-2H3,(H,20,22). The van der Waals surface area contributed by atoms with Gasteiger partial charge in [0.1, 0.15) is 5.82 Å². The summed E-state index contributed by atoms with van der Waals surface area (Å²) in [5.74, 6) is 1.90. The number of nitrogens with zero attached hydrogens (tertiary/aromatic N) is 2. The molecule has 2 aromatic heterocycles. The van der Waals surface area contributed by atoms with Crippen LogP contribution in [0.2, 0.25) is 0 Å². The molecule has 6 nitrogen and oxygen atoms in total. The van der Waals surface area contributed by atoms with E-state index in [0.29, 0.717) is 30.3 Å². The average molecular weight is 357 g/mol. The van der Waals surface area contributed by atoms with Crippen LogP contribution < -0.4 is 14.8 Å². The Morgan fingerprint density at radius 2 is 2.08 bits per heavy atom. The van der Waals surface area contributed by atoms with Gasteiger partial charge in [0.15, 0.2) is 11.5 Å². The first-order valence-corrected chi connectivity index (χ1v) is 8.63. The SMILES string of the molecule is COc1cccc(Cn2nccc2NC(=O)Cc2cccs2)c1OC. The number of ether oxygens (including phenoxy) is 2. The van der Waals surface area contributed by atoms with E-state index in [4.69, 9.17) is 9.47 Å². The van der Waals surface area contributed by atoms with E-state index in [1.54, 1.807) is 42.5 Å². The van der Waals surface area contributed by atoms with Gasteiger partial charge in [0, 0.05) is 16.5 Å². The number of benzene rings is 1. The largest absolute Gasteiger partial charge is 0.493 e. The molecule has 0 aliphatic rings. The average Bonchev–Trinajstić information content (AvgIpc) is 3.27. The maximum Gasteiger partial charge on any atom is 0.230 e. The van der Waals surface area contributed by atoms with Crippen molar-refractivity contribution in [3.05, 3.63) is 58.4 Å². The molecule has 0 saturated carbocycles. The van der Waals surface area contributed by atoms with Crippen LogP contribution in [0.5, 0.6) is 11.5 Å². The van der Waals surface area contributed by atoms with E-state index in [2.05, 4.69) is 10.4 Å². The van der Waals surface area contributed by atoms with Crippen molar-refractivity contribution in [3.8, 4) is 11.5 Å². The van der Waals surface area contributed by atoms with Crippen molar-refractivity contribution in [2.24, 2.45) is 0 Å². The number of carbonyl (C=O) groups is 1. The van der Waals surface area contributed by atoms with Crippen molar-refractivity contribution in [1.29, 1.82) is 0 Å². The number of hydrogen-bond donors (Lipinski definition) is 1. The fourth-order valence-electron chi connectivity index (χ4n) is 2.56. The maximum absolute atomic E-state index is 12.2. The Morgan fingerprint density at radius 3 is 2.80 bits per heavy atom. The predicted molar refractivity (Wildman–Crippen MR) is 97.5 cm³/mol. The van der Waals surface area contributed by atoms with Gasteiger partial charge >= 0.3 is 0 Å². The third kappa shape index (κ3) is 4.00. The molecule has 25 heavy (non-hydrogen) atoms. The molecule has 130 valence electrons. The summed E-state index contributed by atoms with van der Waals surface area (Å²) in [6, 6.07) is 11.3. The smallest absolute Gasteiger partial charge is 0.230 e. The number of methoxy groups -OCH3 is 2.